The van der Waals surface area contributed by atoms with Gasteiger partial charge in [0.25, 0.3) is 5.56 Å². The van der Waals surface area contributed by atoms with E-state index in [-0.39, 0.29) is 42.5 Å². The second-order valence-electron chi connectivity index (χ2n) is 12.4. The van der Waals surface area contributed by atoms with Crippen molar-refractivity contribution in [2.45, 2.75) is 36.9 Å². The maximum atomic E-state index is 13.0. The minimum Gasteiger partial charge on any atom is -0.457 e. The highest BCUT2D eigenvalue weighted by molar-refractivity contribution is 8.06. The fourth-order valence-electron chi connectivity index (χ4n) is 6.85. The zero-order valence-corrected chi connectivity index (χ0v) is 29.1. The molecule has 3 atom stereocenters. The molecule has 52 heavy (non-hydrogen) atoms. The Morgan fingerprint density at radius 2 is 1.60 bits per heavy atom. The van der Waals surface area contributed by atoms with Gasteiger partial charge in [-0.3, -0.25) is 24.5 Å². The molecule has 2 aliphatic rings. The summed E-state index contributed by atoms with van der Waals surface area (Å²) in [4.78, 5) is 57.7. The number of carbonyl (C=O) groups excluding carboxylic acids is 1. The molecule has 4 N–H and O–H groups in total. The van der Waals surface area contributed by atoms with Gasteiger partial charge in [0.1, 0.15) is 23.8 Å². The first-order valence-corrected chi connectivity index (χ1v) is 19.1. The van der Waals surface area contributed by atoms with Gasteiger partial charge in [0.05, 0.1) is 25.5 Å². The van der Waals surface area contributed by atoms with Crippen LogP contribution in [0.15, 0.2) is 120 Å². The molecule has 4 aromatic carbocycles. The quantitative estimate of drug-likeness (QED) is 0.135. The maximum Gasteiger partial charge on any atom is 0.322 e. The van der Waals surface area contributed by atoms with Crippen molar-refractivity contribution in [3.8, 4) is 11.5 Å². The summed E-state index contributed by atoms with van der Waals surface area (Å²) in [7, 11) is 0. The van der Waals surface area contributed by atoms with Crippen LogP contribution in [0, 0.1) is 0 Å². The third kappa shape index (κ3) is 6.57. The van der Waals surface area contributed by atoms with Crippen molar-refractivity contribution >= 4 is 41.5 Å². The van der Waals surface area contributed by atoms with Gasteiger partial charge in [-0.2, -0.15) is 4.98 Å². The predicted molar refractivity (Wildman–Crippen MR) is 194 cm³/mol. The molecule has 1 amide bonds. The predicted octanol–water partition coefficient (Wildman–Crippen LogP) is 5.30. The third-order valence-corrected chi connectivity index (χ3v) is 9.86. The molecule has 0 bridgehead atoms. The Kier molecular flexibility index (Phi) is 9.05. The average molecular weight is 738 g/mol. The maximum absolute atomic E-state index is 13.0. The van der Waals surface area contributed by atoms with Crippen molar-refractivity contribution in [2.24, 2.45) is 0 Å². The number of nitrogens with zero attached hydrogens (tertiary/aromatic N) is 3. The number of ether oxygens (including phenoxy) is 3. The Labute approximate surface area is 302 Å². The zero-order chi connectivity index (χ0) is 35.9. The van der Waals surface area contributed by atoms with Crippen LogP contribution < -0.4 is 15.6 Å². The van der Waals surface area contributed by atoms with Gasteiger partial charge in [-0.1, -0.05) is 97.1 Å². The molecule has 8 rings (SSSR count). The summed E-state index contributed by atoms with van der Waals surface area (Å²) >= 11 is 4.89. The highest BCUT2D eigenvalue weighted by Gasteiger charge is 2.48. The van der Waals surface area contributed by atoms with Crippen LogP contribution in [-0.4, -0.2) is 54.0 Å². The molecule has 0 radical (unpaired) electrons. The van der Waals surface area contributed by atoms with Crippen LogP contribution in [0.5, 0.6) is 11.5 Å². The molecule has 4 heterocycles. The van der Waals surface area contributed by atoms with E-state index in [1.54, 1.807) is 0 Å². The van der Waals surface area contributed by atoms with Crippen LogP contribution in [0.1, 0.15) is 34.9 Å². The van der Waals surface area contributed by atoms with Crippen molar-refractivity contribution in [3.63, 3.8) is 0 Å². The molecule has 0 spiro atoms. The highest BCUT2D eigenvalue weighted by Crippen LogP contribution is 2.53. The van der Waals surface area contributed by atoms with Gasteiger partial charge < -0.3 is 28.5 Å². The molecule has 0 saturated carbocycles. The van der Waals surface area contributed by atoms with Crippen LogP contribution in [0.3, 0.4) is 0 Å². The topological polar surface area (TPSA) is 170 Å². The highest BCUT2D eigenvalue weighted by atomic mass is 32.5. The summed E-state index contributed by atoms with van der Waals surface area (Å²) < 4.78 is 27.0. The number of anilines is 1. The van der Waals surface area contributed by atoms with E-state index in [9.17, 15) is 19.4 Å². The van der Waals surface area contributed by atoms with Crippen LogP contribution >= 0.6 is 6.72 Å². The van der Waals surface area contributed by atoms with Crippen molar-refractivity contribution in [3.05, 3.63) is 148 Å². The first kappa shape index (κ1) is 34.1. The summed E-state index contributed by atoms with van der Waals surface area (Å²) in [6, 6.07) is 34.2. The zero-order valence-electron chi connectivity index (χ0n) is 27.4. The number of H-pyrrole nitrogens is 1. The number of imidazole rings is 1. The Hall–Kier alpha value is -5.05. The van der Waals surface area contributed by atoms with Crippen LogP contribution in [0.4, 0.5) is 5.95 Å². The van der Waals surface area contributed by atoms with Crippen molar-refractivity contribution in [1.82, 2.24) is 19.5 Å². The van der Waals surface area contributed by atoms with Crippen LogP contribution in [0.2, 0.25) is 0 Å². The third-order valence-electron chi connectivity index (χ3n) is 9.06. The Bertz CT molecular complexity index is 2320. The Morgan fingerprint density at radius 1 is 0.962 bits per heavy atom. The van der Waals surface area contributed by atoms with Gasteiger partial charge in [-0.05, 0) is 35.1 Å². The first-order chi connectivity index (χ1) is 25.2. The smallest absolute Gasteiger partial charge is 0.322 e. The lowest BCUT2D eigenvalue weighted by atomic mass is 9.77. The summed E-state index contributed by atoms with van der Waals surface area (Å²) in [5, 5.41) is 2.65. The first-order valence-electron chi connectivity index (χ1n) is 16.4. The van der Waals surface area contributed by atoms with E-state index in [4.69, 9.17) is 30.5 Å². The molecule has 0 aliphatic carbocycles. The normalized spacial score (nSPS) is 19.1. The van der Waals surface area contributed by atoms with E-state index in [0.29, 0.717) is 11.5 Å². The molecule has 15 heteroatoms. The SMILES string of the molecule is O=C(Cc1ccccc1)Nc1nc2c(ncn2[C@H]2C[C@H](OP(O)(O)=S)[C@@H](COC3(c4ccccc4)c4ccccc4Oc4ccccc43)O2)c(=O)[nH]1. The number of para-hydroxylation sites is 2. The second kappa shape index (κ2) is 13.8. The fraction of sp³-hybridized carbons (Fsp3) is 0.189. The van der Waals surface area contributed by atoms with E-state index in [2.05, 4.69) is 20.3 Å². The van der Waals surface area contributed by atoms with E-state index in [1.807, 2.05) is 109 Å². The van der Waals surface area contributed by atoms with Gasteiger partial charge >= 0.3 is 6.72 Å². The molecule has 2 aromatic heterocycles. The lowest BCUT2D eigenvalue weighted by molar-refractivity contribution is -0.115. The molecule has 13 nitrogen and oxygen atoms in total. The number of nitrogens with one attached hydrogen (secondary N) is 2. The van der Waals surface area contributed by atoms with E-state index < -0.39 is 36.3 Å². The minimum absolute atomic E-state index is 0.0229. The van der Waals surface area contributed by atoms with Gasteiger partial charge in [-0.15, -0.1) is 0 Å². The molecule has 0 unspecified atom stereocenters. The number of rotatable bonds is 10. The van der Waals surface area contributed by atoms with Crippen LogP contribution in [-0.2, 0) is 42.6 Å². The molecular formula is C37H32N5O8PS. The van der Waals surface area contributed by atoms with Gasteiger partial charge in [0.2, 0.25) is 11.9 Å². The molecule has 1 saturated heterocycles. The Balaban J connectivity index is 1.12. The number of hydrogen-bond acceptors (Lipinski definition) is 9. The molecule has 6 aromatic rings. The van der Waals surface area contributed by atoms with E-state index >= 15 is 0 Å². The number of aromatic amines is 1. The second-order valence-corrected chi connectivity index (χ2v) is 15.0. The van der Waals surface area contributed by atoms with Crippen LogP contribution in [0.25, 0.3) is 11.2 Å². The van der Waals surface area contributed by atoms with Gasteiger partial charge in [0, 0.05) is 17.5 Å². The van der Waals surface area contributed by atoms with Crippen molar-refractivity contribution in [2.75, 3.05) is 11.9 Å². The summed E-state index contributed by atoms with van der Waals surface area (Å²) in [6.45, 7) is -4.25. The van der Waals surface area contributed by atoms with Gasteiger partial charge in [-0.25, -0.2) is 4.98 Å². The molecule has 1 fully saturated rings. The number of carbonyl (C=O) groups is 1. The van der Waals surface area contributed by atoms with E-state index in [1.165, 1.54) is 10.9 Å². The molecular weight excluding hydrogens is 705 g/mol. The molecule has 264 valence electrons. The lowest BCUT2D eigenvalue weighted by Gasteiger charge is -2.41. The summed E-state index contributed by atoms with van der Waals surface area (Å²) in [6.07, 6.45) is -1.09. The Morgan fingerprint density at radius 3 is 2.27 bits per heavy atom. The number of hydrogen-bond donors (Lipinski definition) is 4. The number of benzene rings is 4. The summed E-state index contributed by atoms with van der Waals surface area (Å²) in [5.41, 5.74) is 1.62. The number of fused-ring (bicyclic) bond motifs is 3. The summed E-state index contributed by atoms with van der Waals surface area (Å²) in [5.74, 6) is 0.811. The average Bonchev–Trinajstić information content (AvgIpc) is 3.74. The largest absolute Gasteiger partial charge is 0.457 e. The minimum atomic E-state index is -4.17. The van der Waals surface area contributed by atoms with Crippen molar-refractivity contribution < 1.29 is 33.3 Å². The standard InChI is InChI=1S/C37H32N5O8PS/c43-31(19-23-11-3-1-4-12-23)39-36-40-34-33(35(44)41-36)38-22-42(34)32-20-29(50-51(45,46)52)30(49-32)21-47-37(24-13-5-2-6-14-24)25-15-7-9-17-27(25)48-28-18-10-8-16-26(28)37/h1-18,22,29-30,32H,19-21H2,(H2,45,46,52)(H2,39,40,41,43,44)/t29-,30+,32+/m0/s1. The fourth-order valence-corrected chi connectivity index (χ4v) is 7.75. The number of aromatic nitrogens is 4. The van der Waals surface area contributed by atoms with Gasteiger partial charge in [0.15, 0.2) is 16.8 Å². The van der Waals surface area contributed by atoms with E-state index in [0.717, 1.165) is 22.3 Å². The monoisotopic (exact) mass is 737 g/mol. The van der Waals surface area contributed by atoms with Crippen molar-refractivity contribution in [1.29, 1.82) is 0 Å². The molecule has 2 aliphatic heterocycles. The number of amides is 1. The lowest BCUT2D eigenvalue weighted by Crippen LogP contribution is -2.40.